The third-order valence-corrected chi connectivity index (χ3v) is 3.70. The van der Waals surface area contributed by atoms with E-state index in [2.05, 4.69) is 26.1 Å². The lowest BCUT2D eigenvalue weighted by atomic mass is 9.87. The zero-order valence-electron chi connectivity index (χ0n) is 11.5. The molecule has 16 heavy (non-hydrogen) atoms. The first-order chi connectivity index (χ1) is 7.37. The topological polar surface area (TPSA) is 55.1 Å². The summed E-state index contributed by atoms with van der Waals surface area (Å²) in [6.07, 6.45) is 4.51. The quantitative estimate of drug-likeness (QED) is 0.703. The van der Waals surface area contributed by atoms with Gasteiger partial charge >= 0.3 is 0 Å². The first kappa shape index (κ1) is 15.4. The molecule has 0 radical (unpaired) electrons. The van der Waals surface area contributed by atoms with Crippen LogP contribution in [0.5, 0.6) is 0 Å². The van der Waals surface area contributed by atoms with Crippen molar-refractivity contribution >= 4 is 5.91 Å². The van der Waals surface area contributed by atoms with E-state index in [4.69, 9.17) is 5.73 Å². The summed E-state index contributed by atoms with van der Waals surface area (Å²) in [5, 5.41) is 3.14. The summed E-state index contributed by atoms with van der Waals surface area (Å²) in [6.45, 7) is 10.2. The van der Waals surface area contributed by atoms with E-state index >= 15 is 0 Å². The number of nitrogens with one attached hydrogen (secondary N) is 1. The summed E-state index contributed by atoms with van der Waals surface area (Å²) in [7, 11) is 0. The van der Waals surface area contributed by atoms with Crippen LogP contribution < -0.4 is 11.1 Å². The van der Waals surface area contributed by atoms with Crippen molar-refractivity contribution in [1.82, 2.24) is 5.32 Å². The lowest BCUT2D eigenvalue weighted by Crippen LogP contribution is -2.58. The summed E-state index contributed by atoms with van der Waals surface area (Å²) in [5.41, 5.74) is 5.22. The van der Waals surface area contributed by atoms with Crippen LogP contribution in [0, 0.1) is 0 Å². The van der Waals surface area contributed by atoms with Crippen LogP contribution in [-0.2, 0) is 4.79 Å². The lowest BCUT2D eigenvalue weighted by Gasteiger charge is -2.35. The number of nitrogens with two attached hydrogens (primary N) is 1. The standard InChI is InChI=1S/C13H28N2O/c1-6-10-12(5,14)11(16)15-13(7-2,8-3)9-4/h6-10,14H2,1-5H3,(H,15,16). The molecule has 96 valence electrons. The number of carbonyl (C=O) groups excluding carboxylic acids is 1. The van der Waals surface area contributed by atoms with Crippen LogP contribution in [0.4, 0.5) is 0 Å². The second kappa shape index (κ2) is 6.24. The SMILES string of the molecule is CCCC(C)(N)C(=O)NC(CC)(CC)CC. The van der Waals surface area contributed by atoms with Gasteiger partial charge in [0.2, 0.25) is 5.91 Å². The minimum atomic E-state index is -0.737. The van der Waals surface area contributed by atoms with Crippen LogP contribution in [0.3, 0.4) is 0 Å². The van der Waals surface area contributed by atoms with E-state index in [0.29, 0.717) is 0 Å². The zero-order valence-corrected chi connectivity index (χ0v) is 11.5. The molecule has 0 aliphatic carbocycles. The van der Waals surface area contributed by atoms with Gasteiger partial charge in [-0.2, -0.15) is 0 Å². The van der Waals surface area contributed by atoms with Crippen molar-refractivity contribution < 1.29 is 4.79 Å². The zero-order chi connectivity index (χ0) is 12.8. The van der Waals surface area contributed by atoms with Gasteiger partial charge in [-0.3, -0.25) is 4.79 Å². The van der Waals surface area contributed by atoms with E-state index in [1.807, 2.05) is 13.8 Å². The Kier molecular flexibility index (Phi) is 6.01. The molecule has 1 unspecified atom stereocenters. The van der Waals surface area contributed by atoms with Crippen LogP contribution in [0.2, 0.25) is 0 Å². The van der Waals surface area contributed by atoms with Crippen molar-refractivity contribution in [3.8, 4) is 0 Å². The summed E-state index contributed by atoms with van der Waals surface area (Å²) in [5.74, 6) is -0.0140. The maximum Gasteiger partial charge on any atom is 0.240 e. The molecule has 0 bridgehead atoms. The number of rotatable bonds is 7. The second-order valence-corrected chi connectivity index (χ2v) is 4.96. The summed E-state index contributed by atoms with van der Waals surface area (Å²) in [4.78, 5) is 12.1. The molecule has 0 aromatic carbocycles. The molecule has 3 N–H and O–H groups in total. The van der Waals surface area contributed by atoms with Crippen molar-refractivity contribution in [3.05, 3.63) is 0 Å². The van der Waals surface area contributed by atoms with Crippen LogP contribution >= 0.6 is 0 Å². The minimum absolute atomic E-state index is 0.0140. The van der Waals surface area contributed by atoms with Gasteiger partial charge in [0.05, 0.1) is 5.54 Å². The Morgan fingerprint density at radius 2 is 1.56 bits per heavy atom. The smallest absolute Gasteiger partial charge is 0.240 e. The fourth-order valence-corrected chi connectivity index (χ4v) is 2.03. The number of amides is 1. The van der Waals surface area contributed by atoms with Gasteiger partial charge in [0.25, 0.3) is 0 Å². The van der Waals surface area contributed by atoms with Gasteiger partial charge in [0.15, 0.2) is 0 Å². The predicted octanol–water partition coefficient (Wildman–Crippen LogP) is 2.59. The highest BCUT2D eigenvalue weighted by Gasteiger charge is 2.33. The molecule has 0 rings (SSSR count). The average Bonchev–Trinajstić information content (AvgIpc) is 2.25. The summed E-state index contributed by atoms with van der Waals surface area (Å²) in [6, 6.07) is 0. The normalized spacial score (nSPS) is 15.6. The van der Waals surface area contributed by atoms with Crippen LogP contribution in [0.25, 0.3) is 0 Å². The summed E-state index contributed by atoms with van der Waals surface area (Å²) < 4.78 is 0. The van der Waals surface area contributed by atoms with Crippen LogP contribution in [0.1, 0.15) is 66.7 Å². The van der Waals surface area contributed by atoms with Gasteiger partial charge in [0, 0.05) is 5.54 Å². The van der Waals surface area contributed by atoms with E-state index in [1.54, 1.807) is 0 Å². The highest BCUT2D eigenvalue weighted by Crippen LogP contribution is 2.21. The van der Waals surface area contributed by atoms with Crippen molar-refractivity contribution in [2.75, 3.05) is 0 Å². The molecular weight excluding hydrogens is 200 g/mol. The highest BCUT2D eigenvalue weighted by molar-refractivity contribution is 5.86. The van der Waals surface area contributed by atoms with Gasteiger partial charge in [-0.15, -0.1) is 0 Å². The second-order valence-electron chi connectivity index (χ2n) is 4.96. The van der Waals surface area contributed by atoms with Crippen molar-refractivity contribution in [3.63, 3.8) is 0 Å². The number of hydrogen-bond donors (Lipinski definition) is 2. The molecule has 0 aliphatic rings. The van der Waals surface area contributed by atoms with Crippen molar-refractivity contribution in [2.45, 2.75) is 77.8 Å². The van der Waals surface area contributed by atoms with Crippen molar-refractivity contribution in [2.24, 2.45) is 5.73 Å². The fourth-order valence-electron chi connectivity index (χ4n) is 2.03. The molecule has 0 heterocycles. The Morgan fingerprint density at radius 1 is 1.12 bits per heavy atom. The third-order valence-electron chi connectivity index (χ3n) is 3.70. The number of carbonyl (C=O) groups is 1. The van der Waals surface area contributed by atoms with E-state index in [9.17, 15) is 4.79 Å². The third kappa shape index (κ3) is 3.78. The first-order valence-electron chi connectivity index (χ1n) is 6.49. The molecule has 0 aromatic rings. The summed E-state index contributed by atoms with van der Waals surface area (Å²) >= 11 is 0. The highest BCUT2D eigenvalue weighted by atomic mass is 16.2. The lowest BCUT2D eigenvalue weighted by molar-refractivity contribution is -0.128. The first-order valence-corrected chi connectivity index (χ1v) is 6.49. The Morgan fingerprint density at radius 3 is 1.88 bits per heavy atom. The Balaban J connectivity index is 4.63. The van der Waals surface area contributed by atoms with E-state index in [1.165, 1.54) is 0 Å². The van der Waals surface area contributed by atoms with Crippen LogP contribution in [-0.4, -0.2) is 17.0 Å². The molecule has 0 spiro atoms. The molecule has 1 atom stereocenters. The van der Waals surface area contributed by atoms with Gasteiger partial charge in [-0.1, -0.05) is 34.1 Å². The maximum atomic E-state index is 12.1. The van der Waals surface area contributed by atoms with Gasteiger partial charge in [0.1, 0.15) is 0 Å². The largest absolute Gasteiger partial charge is 0.349 e. The molecule has 0 saturated carbocycles. The fraction of sp³-hybridized carbons (Fsp3) is 0.923. The van der Waals surface area contributed by atoms with E-state index in [0.717, 1.165) is 32.1 Å². The molecule has 3 heteroatoms. The molecule has 1 amide bonds. The average molecular weight is 228 g/mol. The van der Waals surface area contributed by atoms with E-state index in [-0.39, 0.29) is 11.4 Å². The Hall–Kier alpha value is -0.570. The molecular formula is C13H28N2O. The molecule has 3 nitrogen and oxygen atoms in total. The molecule has 0 aliphatic heterocycles. The predicted molar refractivity (Wildman–Crippen MR) is 69.2 cm³/mol. The van der Waals surface area contributed by atoms with Gasteiger partial charge in [-0.05, 0) is 32.6 Å². The van der Waals surface area contributed by atoms with Gasteiger partial charge < -0.3 is 11.1 Å². The molecule has 0 aromatic heterocycles. The number of hydrogen-bond acceptors (Lipinski definition) is 2. The van der Waals surface area contributed by atoms with Crippen LogP contribution in [0.15, 0.2) is 0 Å². The molecule has 0 fully saturated rings. The monoisotopic (exact) mass is 228 g/mol. The Bertz CT molecular complexity index is 212. The Labute approximate surface area is 100 Å². The maximum absolute atomic E-state index is 12.1. The van der Waals surface area contributed by atoms with Gasteiger partial charge in [-0.25, -0.2) is 0 Å². The minimum Gasteiger partial charge on any atom is -0.349 e. The van der Waals surface area contributed by atoms with E-state index < -0.39 is 5.54 Å². The molecule has 0 saturated heterocycles. The van der Waals surface area contributed by atoms with Crippen molar-refractivity contribution in [1.29, 1.82) is 0 Å².